The summed E-state index contributed by atoms with van der Waals surface area (Å²) in [6.07, 6.45) is 1.07. The number of hydrogen-bond donors (Lipinski definition) is 3. The average Bonchev–Trinajstić information content (AvgIpc) is 2.57. The molecule has 4 heteroatoms. The first kappa shape index (κ1) is 18.4. The van der Waals surface area contributed by atoms with Gasteiger partial charge in [0.25, 0.3) is 0 Å². The molecule has 128 valence electrons. The molecule has 0 aliphatic heterocycles. The molecule has 0 unspecified atom stereocenters. The first-order valence-corrected chi connectivity index (χ1v) is 8.90. The predicted octanol–water partition coefficient (Wildman–Crippen LogP) is 2.73. The third kappa shape index (κ3) is 5.32. The summed E-state index contributed by atoms with van der Waals surface area (Å²) in [4.78, 5) is 1.38. The summed E-state index contributed by atoms with van der Waals surface area (Å²) in [5, 5.41) is 7.26. The van der Waals surface area contributed by atoms with Crippen molar-refractivity contribution < 1.29 is 4.90 Å². The summed E-state index contributed by atoms with van der Waals surface area (Å²) in [5.74, 6) is 0. The van der Waals surface area contributed by atoms with Gasteiger partial charge in [-0.25, -0.2) is 0 Å². The maximum absolute atomic E-state index is 5.43. The number of hydrogen-bond acceptors (Lipinski definition) is 1. The molecule has 0 aromatic heterocycles. The smallest absolute Gasteiger partial charge is 0.171 e. The molecule has 2 rings (SSSR count). The van der Waals surface area contributed by atoms with Gasteiger partial charge in [0.05, 0.1) is 20.6 Å². The second-order valence-electron chi connectivity index (χ2n) is 6.43. The zero-order valence-corrected chi connectivity index (χ0v) is 15.8. The van der Waals surface area contributed by atoms with Gasteiger partial charge < -0.3 is 15.5 Å². The third-order valence-electron chi connectivity index (χ3n) is 4.26. The molecule has 0 saturated heterocycles. The Labute approximate surface area is 151 Å². The van der Waals surface area contributed by atoms with Crippen LogP contribution >= 0.6 is 12.2 Å². The van der Waals surface area contributed by atoms with Gasteiger partial charge in [-0.15, -0.1) is 0 Å². The number of nitrogens with one attached hydrogen (secondary N) is 3. The molecule has 0 saturated carbocycles. The van der Waals surface area contributed by atoms with Gasteiger partial charge in [-0.2, -0.15) is 0 Å². The van der Waals surface area contributed by atoms with Crippen molar-refractivity contribution in [2.75, 3.05) is 26.0 Å². The molecule has 0 radical (unpaired) electrons. The lowest BCUT2D eigenvalue weighted by molar-refractivity contribution is -0.890. The van der Waals surface area contributed by atoms with Crippen LogP contribution in [0.15, 0.2) is 48.5 Å². The van der Waals surface area contributed by atoms with Crippen LogP contribution in [0.3, 0.4) is 0 Å². The zero-order chi connectivity index (χ0) is 17.5. The lowest BCUT2D eigenvalue weighted by atomic mass is 10.0. The van der Waals surface area contributed by atoms with E-state index in [1.165, 1.54) is 21.6 Å². The van der Waals surface area contributed by atoms with Gasteiger partial charge in [-0.3, -0.25) is 0 Å². The summed E-state index contributed by atoms with van der Waals surface area (Å²) < 4.78 is 0. The topological polar surface area (TPSA) is 28.5 Å². The second kappa shape index (κ2) is 8.81. The van der Waals surface area contributed by atoms with Crippen molar-refractivity contribution in [1.82, 2.24) is 5.32 Å². The van der Waals surface area contributed by atoms with Gasteiger partial charge in [0.2, 0.25) is 0 Å². The number of thiocarbonyl (C=S) groups is 1. The molecular formula is C20H28N3S+. The molecule has 2 aromatic carbocycles. The van der Waals surface area contributed by atoms with E-state index in [1.54, 1.807) is 0 Å². The minimum absolute atomic E-state index is 0.355. The van der Waals surface area contributed by atoms with E-state index in [0.29, 0.717) is 11.2 Å². The number of likely N-dealkylation sites (N-methyl/N-ethyl adjacent to an activating group) is 1. The standard InChI is InChI=1S/C20H27N3S/c1-5-16-8-10-17(11-9-16)19(23(3)4)14-21-20(24)22-18-12-6-15(2)7-13-18/h6-13,19H,5,14H2,1-4H3,(H2,21,22,24)/p+1/t19-/m1/s1. The first-order valence-electron chi connectivity index (χ1n) is 8.50. The quantitative estimate of drug-likeness (QED) is 0.705. The Morgan fingerprint density at radius 2 is 1.67 bits per heavy atom. The SMILES string of the molecule is CCc1ccc([C@@H](CNC(=S)Nc2ccc(C)cc2)[NH+](C)C)cc1. The van der Waals surface area contributed by atoms with Gasteiger partial charge in [0.1, 0.15) is 6.04 Å². The fourth-order valence-corrected chi connectivity index (χ4v) is 2.85. The maximum Gasteiger partial charge on any atom is 0.171 e. The molecule has 2 aromatic rings. The van der Waals surface area contributed by atoms with Gasteiger partial charge in [0, 0.05) is 11.3 Å². The molecular weight excluding hydrogens is 314 g/mol. The van der Waals surface area contributed by atoms with Gasteiger partial charge in [-0.1, -0.05) is 48.9 Å². The van der Waals surface area contributed by atoms with Crippen LogP contribution in [0.2, 0.25) is 0 Å². The highest BCUT2D eigenvalue weighted by molar-refractivity contribution is 7.80. The van der Waals surface area contributed by atoms with Crippen molar-refractivity contribution in [3.63, 3.8) is 0 Å². The van der Waals surface area contributed by atoms with E-state index in [9.17, 15) is 0 Å². The predicted molar refractivity (Wildman–Crippen MR) is 107 cm³/mol. The number of benzene rings is 2. The first-order chi connectivity index (χ1) is 11.5. The van der Waals surface area contributed by atoms with Crippen LogP contribution in [0, 0.1) is 6.92 Å². The normalized spacial score (nSPS) is 12.0. The maximum atomic E-state index is 5.43. The molecule has 0 amide bonds. The highest BCUT2D eigenvalue weighted by atomic mass is 32.1. The van der Waals surface area contributed by atoms with Crippen molar-refractivity contribution in [2.45, 2.75) is 26.3 Å². The van der Waals surface area contributed by atoms with Gasteiger partial charge in [0.15, 0.2) is 5.11 Å². The van der Waals surface area contributed by atoms with Crippen molar-refractivity contribution >= 4 is 23.0 Å². The largest absolute Gasteiger partial charge is 0.356 e. The minimum atomic E-state index is 0.355. The highest BCUT2D eigenvalue weighted by Crippen LogP contribution is 2.12. The van der Waals surface area contributed by atoms with Crippen LogP contribution in [-0.2, 0) is 6.42 Å². The van der Waals surface area contributed by atoms with E-state index in [1.807, 2.05) is 12.1 Å². The molecule has 3 nitrogen and oxygen atoms in total. The second-order valence-corrected chi connectivity index (χ2v) is 6.83. The number of rotatable bonds is 6. The molecule has 0 heterocycles. The van der Waals surface area contributed by atoms with Crippen molar-refractivity contribution in [2.24, 2.45) is 0 Å². The zero-order valence-electron chi connectivity index (χ0n) is 15.0. The van der Waals surface area contributed by atoms with E-state index in [-0.39, 0.29) is 0 Å². The van der Waals surface area contributed by atoms with Crippen LogP contribution in [0.5, 0.6) is 0 Å². The average molecular weight is 343 g/mol. The van der Waals surface area contributed by atoms with Crippen LogP contribution < -0.4 is 15.5 Å². The van der Waals surface area contributed by atoms with Gasteiger partial charge >= 0.3 is 0 Å². The fourth-order valence-electron chi connectivity index (χ4n) is 2.65. The summed E-state index contributed by atoms with van der Waals surface area (Å²) in [6, 6.07) is 17.5. The van der Waals surface area contributed by atoms with E-state index in [2.05, 4.69) is 75.0 Å². The highest BCUT2D eigenvalue weighted by Gasteiger charge is 2.17. The fraction of sp³-hybridized carbons (Fsp3) is 0.350. The van der Waals surface area contributed by atoms with E-state index < -0.39 is 0 Å². The third-order valence-corrected chi connectivity index (χ3v) is 4.51. The summed E-state index contributed by atoms with van der Waals surface area (Å²) >= 11 is 5.43. The van der Waals surface area contributed by atoms with Crippen LogP contribution in [0.1, 0.15) is 29.7 Å². The van der Waals surface area contributed by atoms with Crippen LogP contribution in [-0.4, -0.2) is 25.8 Å². The number of quaternary nitrogens is 1. The summed E-state index contributed by atoms with van der Waals surface area (Å²) in [7, 11) is 4.35. The number of aryl methyl sites for hydroxylation is 2. The Morgan fingerprint density at radius 1 is 1.04 bits per heavy atom. The van der Waals surface area contributed by atoms with E-state index in [0.717, 1.165) is 18.7 Å². The van der Waals surface area contributed by atoms with Crippen LogP contribution in [0.25, 0.3) is 0 Å². The minimum Gasteiger partial charge on any atom is -0.356 e. The number of anilines is 1. The Balaban J connectivity index is 1.95. The molecule has 0 aliphatic rings. The van der Waals surface area contributed by atoms with E-state index in [4.69, 9.17) is 12.2 Å². The Bertz CT molecular complexity index is 648. The van der Waals surface area contributed by atoms with E-state index >= 15 is 0 Å². The molecule has 0 fully saturated rings. The molecule has 1 atom stereocenters. The van der Waals surface area contributed by atoms with Crippen molar-refractivity contribution in [1.29, 1.82) is 0 Å². The molecule has 0 spiro atoms. The molecule has 0 bridgehead atoms. The summed E-state index contributed by atoms with van der Waals surface area (Å²) in [6.45, 7) is 5.06. The molecule has 0 aliphatic carbocycles. The lowest BCUT2D eigenvalue weighted by Gasteiger charge is -2.23. The van der Waals surface area contributed by atoms with Crippen LogP contribution in [0.4, 0.5) is 5.69 Å². The monoisotopic (exact) mass is 342 g/mol. The molecule has 3 N–H and O–H groups in total. The summed E-state index contributed by atoms with van der Waals surface area (Å²) in [5.41, 5.74) is 4.96. The Hall–Kier alpha value is -1.91. The molecule has 24 heavy (non-hydrogen) atoms. The Kier molecular flexibility index (Phi) is 6.76. The lowest BCUT2D eigenvalue weighted by Crippen LogP contribution is -3.07. The Morgan fingerprint density at radius 3 is 2.21 bits per heavy atom. The van der Waals surface area contributed by atoms with Gasteiger partial charge in [-0.05, 0) is 43.3 Å². The van der Waals surface area contributed by atoms with Crippen molar-refractivity contribution in [3.05, 3.63) is 65.2 Å². The van der Waals surface area contributed by atoms with Crippen molar-refractivity contribution in [3.8, 4) is 0 Å².